The third-order valence-electron chi connectivity index (χ3n) is 5.38. The van der Waals surface area contributed by atoms with E-state index in [1.807, 2.05) is 0 Å². The van der Waals surface area contributed by atoms with Crippen LogP contribution in [0.2, 0.25) is 0 Å². The minimum Gasteiger partial charge on any atom is -0.481 e. The average Bonchev–Trinajstić information content (AvgIpc) is 2.91. The molecule has 27 heavy (non-hydrogen) atoms. The SMILES string of the molecule is N=C(N)c1ccc(C(=O)NC2CCC3(CC2)CC(CC(=O)O)C(=O)O3)cc1. The Kier molecular flexibility index (Phi) is 5.16. The average molecular weight is 373 g/mol. The Morgan fingerprint density at radius 1 is 1.22 bits per heavy atom. The normalized spacial score (nSPS) is 27.2. The summed E-state index contributed by atoms with van der Waals surface area (Å²) < 4.78 is 5.53. The van der Waals surface area contributed by atoms with Crippen LogP contribution in [0.5, 0.6) is 0 Å². The second-order valence-corrected chi connectivity index (χ2v) is 7.34. The van der Waals surface area contributed by atoms with Crippen molar-refractivity contribution in [3.05, 3.63) is 35.4 Å². The van der Waals surface area contributed by atoms with Crippen molar-refractivity contribution in [2.75, 3.05) is 0 Å². The van der Waals surface area contributed by atoms with Crippen LogP contribution in [0.1, 0.15) is 54.4 Å². The first-order valence-corrected chi connectivity index (χ1v) is 8.98. The molecule has 1 saturated carbocycles. The Hall–Kier alpha value is -2.90. The number of carbonyl (C=O) groups is 3. The van der Waals surface area contributed by atoms with Crippen molar-refractivity contribution in [3.8, 4) is 0 Å². The third-order valence-corrected chi connectivity index (χ3v) is 5.38. The molecule has 0 bridgehead atoms. The number of hydrogen-bond donors (Lipinski definition) is 4. The maximum atomic E-state index is 12.4. The van der Waals surface area contributed by atoms with Crippen molar-refractivity contribution in [1.29, 1.82) is 5.41 Å². The highest BCUT2D eigenvalue weighted by Crippen LogP contribution is 2.43. The molecule has 1 aromatic carbocycles. The summed E-state index contributed by atoms with van der Waals surface area (Å²) in [7, 11) is 0. The fraction of sp³-hybridized carbons (Fsp3) is 0.474. The standard InChI is InChI=1S/C19H23N3O5/c20-16(21)11-1-3-12(4-2-11)17(25)22-14-5-7-19(8-6-14)10-13(9-15(23)24)18(26)27-19/h1-4,13-14H,5-10H2,(H3,20,21)(H,22,25)(H,23,24). The van der Waals surface area contributed by atoms with Gasteiger partial charge >= 0.3 is 11.9 Å². The van der Waals surface area contributed by atoms with E-state index in [1.54, 1.807) is 24.3 Å². The van der Waals surface area contributed by atoms with Gasteiger partial charge in [-0.3, -0.25) is 19.8 Å². The zero-order chi connectivity index (χ0) is 19.6. The number of carbonyl (C=O) groups excluding carboxylic acids is 2. The van der Waals surface area contributed by atoms with E-state index in [9.17, 15) is 14.4 Å². The minimum absolute atomic E-state index is 0.0205. The molecule has 8 heteroatoms. The molecule has 2 aliphatic rings. The van der Waals surface area contributed by atoms with Crippen molar-refractivity contribution in [2.45, 2.75) is 50.2 Å². The Morgan fingerprint density at radius 3 is 2.37 bits per heavy atom. The summed E-state index contributed by atoms with van der Waals surface area (Å²) in [5, 5.41) is 19.3. The van der Waals surface area contributed by atoms with Crippen LogP contribution in [-0.4, -0.2) is 40.4 Å². The van der Waals surface area contributed by atoms with Crippen molar-refractivity contribution in [2.24, 2.45) is 11.7 Å². The van der Waals surface area contributed by atoms with Crippen LogP contribution in [0.25, 0.3) is 0 Å². The maximum Gasteiger partial charge on any atom is 0.310 e. The molecule has 1 amide bonds. The van der Waals surface area contributed by atoms with E-state index in [4.69, 9.17) is 21.0 Å². The number of nitrogens with one attached hydrogen (secondary N) is 2. The van der Waals surface area contributed by atoms with E-state index in [0.29, 0.717) is 43.2 Å². The van der Waals surface area contributed by atoms with Gasteiger partial charge in [-0.1, -0.05) is 12.1 Å². The molecule has 1 atom stereocenters. The number of nitrogen functional groups attached to an aromatic ring is 1. The second kappa shape index (κ2) is 7.38. The van der Waals surface area contributed by atoms with Crippen molar-refractivity contribution in [1.82, 2.24) is 5.32 Å². The lowest BCUT2D eigenvalue weighted by Gasteiger charge is -2.36. The highest BCUT2D eigenvalue weighted by atomic mass is 16.6. The number of amides is 1. The summed E-state index contributed by atoms with van der Waals surface area (Å²) >= 11 is 0. The third kappa shape index (κ3) is 4.27. The van der Waals surface area contributed by atoms with Crippen LogP contribution >= 0.6 is 0 Å². The van der Waals surface area contributed by atoms with E-state index in [1.165, 1.54) is 0 Å². The van der Waals surface area contributed by atoms with Crippen LogP contribution in [0, 0.1) is 11.3 Å². The Balaban J connectivity index is 1.53. The lowest BCUT2D eigenvalue weighted by Crippen LogP contribution is -2.43. The van der Waals surface area contributed by atoms with Crippen molar-refractivity contribution >= 4 is 23.7 Å². The Bertz CT molecular complexity index is 766. The van der Waals surface area contributed by atoms with E-state index >= 15 is 0 Å². The number of rotatable bonds is 5. The van der Waals surface area contributed by atoms with E-state index < -0.39 is 23.5 Å². The molecule has 1 heterocycles. The fourth-order valence-corrected chi connectivity index (χ4v) is 3.90. The summed E-state index contributed by atoms with van der Waals surface area (Å²) in [4.78, 5) is 35.2. The second-order valence-electron chi connectivity index (χ2n) is 7.34. The zero-order valence-corrected chi connectivity index (χ0v) is 14.9. The number of carboxylic acids is 1. The quantitative estimate of drug-likeness (QED) is 0.349. The molecular weight excluding hydrogens is 350 g/mol. The maximum absolute atomic E-state index is 12.4. The van der Waals surface area contributed by atoms with E-state index in [-0.39, 0.29) is 24.2 Å². The Morgan fingerprint density at radius 2 is 1.81 bits per heavy atom. The lowest BCUT2D eigenvalue weighted by atomic mass is 9.78. The molecular formula is C19H23N3O5. The molecule has 2 fully saturated rings. The number of esters is 1. The van der Waals surface area contributed by atoms with Gasteiger partial charge in [0.2, 0.25) is 0 Å². The number of benzene rings is 1. The molecule has 144 valence electrons. The fourth-order valence-electron chi connectivity index (χ4n) is 3.90. The number of amidine groups is 1. The predicted molar refractivity (Wildman–Crippen MR) is 96.4 cm³/mol. The lowest BCUT2D eigenvalue weighted by molar-refractivity contribution is -0.155. The first kappa shape index (κ1) is 18.9. The number of hydrogen-bond acceptors (Lipinski definition) is 5. The van der Waals surface area contributed by atoms with Gasteiger partial charge in [0.15, 0.2) is 0 Å². The smallest absolute Gasteiger partial charge is 0.310 e. The largest absolute Gasteiger partial charge is 0.481 e. The molecule has 1 aliphatic carbocycles. The molecule has 1 aliphatic heterocycles. The predicted octanol–water partition coefficient (Wildman–Crippen LogP) is 1.42. The van der Waals surface area contributed by atoms with Crippen LogP contribution < -0.4 is 11.1 Å². The topological polar surface area (TPSA) is 143 Å². The molecule has 0 radical (unpaired) electrons. The molecule has 8 nitrogen and oxygen atoms in total. The summed E-state index contributed by atoms with van der Waals surface area (Å²) in [6.07, 6.45) is 2.81. The van der Waals surface area contributed by atoms with Crippen molar-refractivity contribution < 1.29 is 24.2 Å². The van der Waals surface area contributed by atoms with Gasteiger partial charge in [0.25, 0.3) is 5.91 Å². The molecule has 1 spiro atoms. The number of carboxylic acid groups (broad SMARTS) is 1. The minimum atomic E-state index is -0.995. The van der Waals surface area contributed by atoms with Crippen LogP contribution in [0.15, 0.2) is 24.3 Å². The summed E-state index contributed by atoms with van der Waals surface area (Å²) in [6.45, 7) is 0. The Labute approximate surface area is 156 Å². The van der Waals surface area contributed by atoms with Gasteiger partial charge in [-0.15, -0.1) is 0 Å². The summed E-state index contributed by atoms with van der Waals surface area (Å²) in [5.74, 6) is -2.24. The first-order chi connectivity index (χ1) is 12.8. The number of aliphatic carboxylic acids is 1. The molecule has 3 rings (SSSR count). The van der Waals surface area contributed by atoms with Crippen LogP contribution in [-0.2, 0) is 14.3 Å². The number of nitrogens with two attached hydrogens (primary N) is 1. The zero-order valence-electron chi connectivity index (χ0n) is 14.9. The summed E-state index contributed by atoms with van der Waals surface area (Å²) in [5.41, 5.74) is 5.88. The van der Waals surface area contributed by atoms with Gasteiger partial charge in [-0.05, 0) is 37.8 Å². The highest BCUT2D eigenvalue weighted by molar-refractivity contribution is 5.98. The molecule has 1 unspecified atom stereocenters. The first-order valence-electron chi connectivity index (χ1n) is 8.98. The van der Waals surface area contributed by atoms with Gasteiger partial charge < -0.3 is 20.9 Å². The van der Waals surface area contributed by atoms with E-state index in [2.05, 4.69) is 5.32 Å². The van der Waals surface area contributed by atoms with Gasteiger partial charge in [0.05, 0.1) is 12.3 Å². The molecule has 1 aromatic rings. The van der Waals surface area contributed by atoms with Crippen molar-refractivity contribution in [3.63, 3.8) is 0 Å². The van der Waals surface area contributed by atoms with Gasteiger partial charge in [-0.25, -0.2) is 0 Å². The molecule has 5 N–H and O–H groups in total. The molecule has 0 aromatic heterocycles. The molecule has 1 saturated heterocycles. The highest BCUT2D eigenvalue weighted by Gasteiger charge is 2.49. The monoisotopic (exact) mass is 373 g/mol. The van der Waals surface area contributed by atoms with Gasteiger partial charge in [0.1, 0.15) is 11.4 Å². The van der Waals surface area contributed by atoms with Gasteiger partial charge in [0, 0.05) is 23.6 Å². The van der Waals surface area contributed by atoms with Gasteiger partial charge in [-0.2, -0.15) is 0 Å². The number of ether oxygens (including phenoxy) is 1. The van der Waals surface area contributed by atoms with Crippen LogP contribution in [0.4, 0.5) is 0 Å². The van der Waals surface area contributed by atoms with Crippen LogP contribution in [0.3, 0.4) is 0 Å². The summed E-state index contributed by atoms with van der Waals surface area (Å²) in [6, 6.07) is 6.51. The van der Waals surface area contributed by atoms with E-state index in [0.717, 1.165) is 0 Å².